The minimum absolute atomic E-state index is 0.0997. The summed E-state index contributed by atoms with van der Waals surface area (Å²) in [5, 5.41) is 2.48. The average molecular weight is 290 g/mol. The fourth-order valence-corrected chi connectivity index (χ4v) is 1.82. The minimum atomic E-state index is -4.72. The Hall–Kier alpha value is -2.12. The zero-order valence-corrected chi connectivity index (χ0v) is 10.3. The summed E-state index contributed by atoms with van der Waals surface area (Å²) in [4.78, 5) is 24.0. The first-order valence-corrected chi connectivity index (χ1v) is 5.59. The van der Waals surface area contributed by atoms with Crippen molar-refractivity contribution in [3.05, 3.63) is 29.3 Å². The summed E-state index contributed by atoms with van der Waals surface area (Å²) in [5.41, 5.74) is 0.256. The van der Waals surface area contributed by atoms with Crippen LogP contribution in [-0.2, 0) is 6.54 Å². The van der Waals surface area contributed by atoms with Gasteiger partial charge in [0.25, 0.3) is 0 Å². The van der Waals surface area contributed by atoms with Gasteiger partial charge in [-0.25, -0.2) is 13.6 Å². The molecule has 0 saturated heterocycles. The second kappa shape index (κ2) is 4.77. The van der Waals surface area contributed by atoms with Gasteiger partial charge in [-0.3, -0.25) is 4.79 Å². The van der Waals surface area contributed by atoms with E-state index in [1.807, 2.05) is 0 Å². The van der Waals surface area contributed by atoms with E-state index < -0.39 is 23.7 Å². The topological polar surface area (TPSA) is 49.4 Å². The van der Waals surface area contributed by atoms with Crippen LogP contribution in [0.15, 0.2) is 18.2 Å². The van der Waals surface area contributed by atoms with E-state index in [2.05, 4.69) is 5.32 Å². The van der Waals surface area contributed by atoms with Crippen LogP contribution >= 0.6 is 0 Å². The lowest BCUT2D eigenvalue weighted by atomic mass is 10.0. The third-order valence-electron chi connectivity index (χ3n) is 2.94. The largest absolute Gasteiger partial charge is 0.368 e. The summed E-state index contributed by atoms with van der Waals surface area (Å²) in [7, 11) is 1.47. The van der Waals surface area contributed by atoms with Crippen molar-refractivity contribution in [3.63, 3.8) is 0 Å². The Labute approximate surface area is 111 Å². The molecule has 2 rings (SSSR count). The summed E-state index contributed by atoms with van der Waals surface area (Å²) in [6.45, 7) is 0.0997. The van der Waals surface area contributed by atoms with Gasteiger partial charge in [-0.05, 0) is 23.8 Å². The van der Waals surface area contributed by atoms with Crippen molar-refractivity contribution >= 4 is 17.5 Å². The molecule has 0 aliphatic carbocycles. The Balaban J connectivity index is 2.35. The Kier molecular flexibility index (Phi) is 3.41. The molecular formula is C12H10F4N2O2. The monoisotopic (exact) mass is 290 g/mol. The molecule has 1 aromatic rings. The van der Waals surface area contributed by atoms with Gasteiger partial charge < -0.3 is 10.2 Å². The standard InChI is InChI=1S/C12H10F4N2O2/c1-18-5-7-4-6(2-3-8(7)17-11(18)20)9(19)12(15,16)10(13)14/h2-4,10H,5H2,1H3,(H,17,20). The average Bonchev–Trinajstić information content (AvgIpc) is 2.38. The Morgan fingerprint density at radius 1 is 1.40 bits per heavy atom. The molecule has 1 heterocycles. The Morgan fingerprint density at radius 3 is 2.65 bits per heavy atom. The first kappa shape index (κ1) is 14.3. The number of amides is 2. The van der Waals surface area contributed by atoms with Crippen molar-refractivity contribution in [1.29, 1.82) is 0 Å². The molecule has 0 aromatic heterocycles. The van der Waals surface area contributed by atoms with Crippen molar-refractivity contribution in [2.45, 2.75) is 18.9 Å². The molecule has 2 amide bonds. The molecule has 1 aliphatic heterocycles. The SMILES string of the molecule is CN1Cc2cc(C(=O)C(F)(F)C(F)F)ccc2NC1=O. The predicted octanol–water partition coefficient (Wildman–Crippen LogP) is 2.75. The van der Waals surface area contributed by atoms with E-state index in [4.69, 9.17) is 0 Å². The smallest absolute Gasteiger partial charge is 0.323 e. The summed E-state index contributed by atoms with van der Waals surface area (Å²) in [6.07, 6.45) is -4.06. The lowest BCUT2D eigenvalue weighted by molar-refractivity contribution is -0.0958. The molecule has 8 heteroatoms. The summed E-state index contributed by atoms with van der Waals surface area (Å²) < 4.78 is 50.4. The number of alkyl halides is 4. The van der Waals surface area contributed by atoms with Crippen LogP contribution in [-0.4, -0.2) is 36.1 Å². The molecule has 0 atom stereocenters. The third-order valence-corrected chi connectivity index (χ3v) is 2.94. The van der Waals surface area contributed by atoms with E-state index in [-0.39, 0.29) is 12.6 Å². The first-order valence-electron chi connectivity index (χ1n) is 5.59. The van der Waals surface area contributed by atoms with E-state index >= 15 is 0 Å². The van der Waals surface area contributed by atoms with E-state index in [0.29, 0.717) is 11.3 Å². The summed E-state index contributed by atoms with van der Waals surface area (Å²) in [6, 6.07) is 2.94. The summed E-state index contributed by atoms with van der Waals surface area (Å²) >= 11 is 0. The van der Waals surface area contributed by atoms with Crippen molar-refractivity contribution in [2.24, 2.45) is 0 Å². The quantitative estimate of drug-likeness (QED) is 0.687. The van der Waals surface area contributed by atoms with Crippen LogP contribution in [0.25, 0.3) is 0 Å². The van der Waals surface area contributed by atoms with Crippen LogP contribution in [0.3, 0.4) is 0 Å². The maximum Gasteiger partial charge on any atom is 0.368 e. The zero-order chi connectivity index (χ0) is 15.1. The van der Waals surface area contributed by atoms with Crippen molar-refractivity contribution in [1.82, 2.24) is 4.90 Å². The van der Waals surface area contributed by atoms with Crippen LogP contribution in [0.2, 0.25) is 0 Å². The van der Waals surface area contributed by atoms with Crippen molar-refractivity contribution in [3.8, 4) is 0 Å². The highest BCUT2D eigenvalue weighted by Gasteiger charge is 2.49. The number of rotatable bonds is 3. The maximum absolute atomic E-state index is 13.0. The minimum Gasteiger partial charge on any atom is -0.323 e. The van der Waals surface area contributed by atoms with Gasteiger partial charge in [0.1, 0.15) is 0 Å². The molecule has 0 radical (unpaired) electrons. The number of carbonyl (C=O) groups excluding carboxylic acids is 2. The first-order chi connectivity index (χ1) is 9.23. The Bertz CT molecular complexity index is 575. The van der Waals surface area contributed by atoms with Crippen LogP contribution < -0.4 is 5.32 Å². The van der Waals surface area contributed by atoms with E-state index in [9.17, 15) is 27.2 Å². The number of urea groups is 1. The molecule has 0 unspecified atom stereocenters. The van der Waals surface area contributed by atoms with E-state index in [0.717, 1.165) is 12.1 Å². The van der Waals surface area contributed by atoms with Crippen LogP contribution in [0.5, 0.6) is 0 Å². The molecule has 0 fully saturated rings. The number of carbonyl (C=O) groups is 2. The fraction of sp³-hybridized carbons (Fsp3) is 0.333. The van der Waals surface area contributed by atoms with E-state index in [1.54, 1.807) is 0 Å². The van der Waals surface area contributed by atoms with Gasteiger partial charge in [-0.15, -0.1) is 0 Å². The predicted molar refractivity (Wildman–Crippen MR) is 62.2 cm³/mol. The van der Waals surface area contributed by atoms with Crippen molar-refractivity contribution in [2.75, 3.05) is 12.4 Å². The molecule has 1 N–H and O–H groups in total. The number of fused-ring (bicyclic) bond motifs is 1. The van der Waals surface area contributed by atoms with Gasteiger partial charge in [0.15, 0.2) is 0 Å². The molecule has 4 nitrogen and oxygen atoms in total. The lowest BCUT2D eigenvalue weighted by Gasteiger charge is -2.26. The number of hydrogen-bond acceptors (Lipinski definition) is 2. The van der Waals surface area contributed by atoms with Gasteiger partial charge in [-0.1, -0.05) is 0 Å². The fourth-order valence-electron chi connectivity index (χ4n) is 1.82. The number of ketones is 1. The third kappa shape index (κ3) is 2.33. The molecule has 20 heavy (non-hydrogen) atoms. The molecule has 1 aromatic carbocycles. The normalized spacial score (nSPS) is 15.1. The van der Waals surface area contributed by atoms with Gasteiger partial charge in [0, 0.05) is 24.8 Å². The number of halogens is 4. The lowest BCUT2D eigenvalue weighted by Crippen LogP contribution is -2.37. The number of anilines is 1. The van der Waals surface area contributed by atoms with Gasteiger partial charge in [0.2, 0.25) is 5.78 Å². The van der Waals surface area contributed by atoms with Crippen LogP contribution in [0, 0.1) is 0 Å². The number of nitrogens with zero attached hydrogens (tertiary/aromatic N) is 1. The van der Waals surface area contributed by atoms with Crippen LogP contribution in [0.4, 0.5) is 28.0 Å². The van der Waals surface area contributed by atoms with Crippen LogP contribution in [0.1, 0.15) is 15.9 Å². The van der Waals surface area contributed by atoms with Gasteiger partial charge in [0.05, 0.1) is 0 Å². The molecule has 0 spiro atoms. The molecule has 0 bridgehead atoms. The highest BCUT2D eigenvalue weighted by molar-refractivity contribution is 6.02. The number of hydrogen-bond donors (Lipinski definition) is 1. The highest BCUT2D eigenvalue weighted by Crippen LogP contribution is 2.30. The second-order valence-electron chi connectivity index (χ2n) is 4.41. The molecular weight excluding hydrogens is 280 g/mol. The molecule has 0 saturated carbocycles. The van der Waals surface area contributed by atoms with Gasteiger partial charge >= 0.3 is 18.4 Å². The summed E-state index contributed by atoms with van der Waals surface area (Å²) in [5.74, 6) is -6.66. The number of nitrogens with one attached hydrogen (secondary N) is 1. The molecule has 1 aliphatic rings. The Morgan fingerprint density at radius 2 is 2.05 bits per heavy atom. The number of Topliss-reactive ketones (excluding diaryl/α,β-unsaturated/α-hetero) is 1. The van der Waals surface area contributed by atoms with Crippen molar-refractivity contribution < 1.29 is 27.2 Å². The number of benzene rings is 1. The molecule has 108 valence electrons. The maximum atomic E-state index is 13.0. The van der Waals surface area contributed by atoms with E-state index in [1.165, 1.54) is 18.0 Å². The second-order valence-corrected chi connectivity index (χ2v) is 4.41. The zero-order valence-electron chi connectivity index (χ0n) is 10.3. The highest BCUT2D eigenvalue weighted by atomic mass is 19.3. The van der Waals surface area contributed by atoms with Gasteiger partial charge in [-0.2, -0.15) is 8.78 Å².